The van der Waals surface area contributed by atoms with Gasteiger partial charge >= 0.3 is 7.12 Å². The number of pyridine rings is 1. The van der Waals surface area contributed by atoms with E-state index in [4.69, 9.17) is 4.98 Å². The van der Waals surface area contributed by atoms with Gasteiger partial charge in [0, 0.05) is 25.4 Å². The van der Waals surface area contributed by atoms with Gasteiger partial charge in [0.2, 0.25) is 0 Å². The summed E-state index contributed by atoms with van der Waals surface area (Å²) in [5, 5.41) is 38.9. The van der Waals surface area contributed by atoms with Gasteiger partial charge in [-0.3, -0.25) is 0 Å². The standard InChI is InChI=1S/C22H26BN5O2S/c1-3-18-19(13-24)21(28-10-4-9-27(2)11-12-28)26-22(20(18)14-25)31-15-16-5-7-17(8-6-16)23(29)30/h5-8,29-30H,3-4,9-12,15H2,1-2H3. The van der Waals surface area contributed by atoms with Crippen molar-refractivity contribution in [3.05, 3.63) is 46.5 Å². The lowest BCUT2D eigenvalue weighted by atomic mass is 9.80. The van der Waals surface area contributed by atoms with Crippen LogP contribution in [0.2, 0.25) is 0 Å². The van der Waals surface area contributed by atoms with Crippen molar-refractivity contribution in [1.29, 1.82) is 10.5 Å². The van der Waals surface area contributed by atoms with Gasteiger partial charge in [-0.1, -0.05) is 31.2 Å². The quantitative estimate of drug-likeness (QED) is 0.519. The van der Waals surface area contributed by atoms with E-state index in [0.717, 1.165) is 43.7 Å². The molecule has 9 heteroatoms. The van der Waals surface area contributed by atoms with Gasteiger partial charge in [0.25, 0.3) is 0 Å². The number of nitrogens with zero attached hydrogens (tertiary/aromatic N) is 5. The molecule has 0 aliphatic carbocycles. The Labute approximate surface area is 188 Å². The summed E-state index contributed by atoms with van der Waals surface area (Å²) in [7, 11) is 0.607. The van der Waals surface area contributed by atoms with Gasteiger partial charge in [-0.2, -0.15) is 10.5 Å². The minimum Gasteiger partial charge on any atom is -0.423 e. The summed E-state index contributed by atoms with van der Waals surface area (Å²) < 4.78 is 0. The molecular formula is C22H26BN5O2S. The predicted molar refractivity (Wildman–Crippen MR) is 123 cm³/mol. The molecule has 1 aliphatic heterocycles. The smallest absolute Gasteiger partial charge is 0.423 e. The first kappa shape index (κ1) is 23.1. The molecule has 0 amide bonds. The first-order chi connectivity index (χ1) is 15.0. The largest absolute Gasteiger partial charge is 0.488 e. The van der Waals surface area contributed by atoms with Crippen molar-refractivity contribution < 1.29 is 10.0 Å². The van der Waals surface area contributed by atoms with Gasteiger partial charge in [-0.25, -0.2) is 4.98 Å². The molecule has 0 radical (unpaired) electrons. The van der Waals surface area contributed by atoms with E-state index in [1.165, 1.54) is 11.8 Å². The van der Waals surface area contributed by atoms with Crippen LogP contribution in [0.5, 0.6) is 0 Å². The second-order valence-electron chi connectivity index (χ2n) is 7.59. The molecule has 2 heterocycles. The first-order valence-electron chi connectivity index (χ1n) is 10.4. The maximum atomic E-state index is 9.89. The van der Waals surface area contributed by atoms with Crippen LogP contribution < -0.4 is 10.4 Å². The highest BCUT2D eigenvalue weighted by Crippen LogP contribution is 2.33. The molecule has 1 aromatic carbocycles. The van der Waals surface area contributed by atoms with E-state index >= 15 is 0 Å². The Morgan fingerprint density at radius 1 is 1.06 bits per heavy atom. The molecule has 3 rings (SSSR count). The van der Waals surface area contributed by atoms with E-state index < -0.39 is 7.12 Å². The van der Waals surface area contributed by atoms with Crippen molar-refractivity contribution >= 4 is 30.2 Å². The molecule has 0 bridgehead atoms. The van der Waals surface area contributed by atoms with E-state index in [1.807, 2.05) is 19.1 Å². The average Bonchev–Trinajstić information content (AvgIpc) is 3.00. The highest BCUT2D eigenvalue weighted by Gasteiger charge is 2.24. The first-order valence-corrected chi connectivity index (χ1v) is 11.3. The fraction of sp³-hybridized carbons (Fsp3) is 0.409. The van der Waals surface area contributed by atoms with Crippen molar-refractivity contribution in [2.45, 2.75) is 30.5 Å². The van der Waals surface area contributed by atoms with Crippen LogP contribution in [-0.4, -0.2) is 60.3 Å². The molecule has 1 aromatic heterocycles. The summed E-state index contributed by atoms with van der Waals surface area (Å²) in [4.78, 5) is 9.27. The molecule has 0 atom stereocenters. The van der Waals surface area contributed by atoms with Crippen LogP contribution in [-0.2, 0) is 12.2 Å². The zero-order chi connectivity index (χ0) is 22.4. The van der Waals surface area contributed by atoms with Crippen molar-refractivity contribution in [1.82, 2.24) is 9.88 Å². The number of rotatable bonds is 6. The minimum absolute atomic E-state index is 0.435. The minimum atomic E-state index is -1.49. The van der Waals surface area contributed by atoms with Crippen LogP contribution in [0.3, 0.4) is 0 Å². The second kappa shape index (κ2) is 10.7. The maximum absolute atomic E-state index is 9.89. The number of benzene rings is 1. The zero-order valence-electron chi connectivity index (χ0n) is 17.9. The van der Waals surface area contributed by atoms with E-state index in [0.29, 0.717) is 39.6 Å². The average molecular weight is 435 g/mol. The Bertz CT molecular complexity index is 1000. The second-order valence-corrected chi connectivity index (χ2v) is 8.56. The molecule has 0 unspecified atom stereocenters. The molecule has 2 N–H and O–H groups in total. The van der Waals surface area contributed by atoms with Gasteiger partial charge in [0.05, 0.1) is 11.1 Å². The molecule has 2 aromatic rings. The maximum Gasteiger partial charge on any atom is 0.488 e. The SMILES string of the molecule is CCc1c(C#N)c(SCc2ccc(B(O)O)cc2)nc(N2CCCN(C)CC2)c1C#N. The Balaban J connectivity index is 1.95. The number of aromatic nitrogens is 1. The van der Waals surface area contributed by atoms with Gasteiger partial charge in [0.1, 0.15) is 23.0 Å². The number of hydrogen-bond donors (Lipinski definition) is 2. The molecule has 0 spiro atoms. The van der Waals surface area contributed by atoms with Crippen LogP contribution in [0.4, 0.5) is 5.82 Å². The molecule has 1 saturated heterocycles. The van der Waals surface area contributed by atoms with Crippen LogP contribution >= 0.6 is 11.8 Å². The monoisotopic (exact) mass is 435 g/mol. The zero-order valence-corrected chi connectivity index (χ0v) is 18.7. The summed E-state index contributed by atoms with van der Waals surface area (Å²) in [5.74, 6) is 1.26. The van der Waals surface area contributed by atoms with Crippen LogP contribution in [0.15, 0.2) is 29.3 Å². The van der Waals surface area contributed by atoms with E-state index in [-0.39, 0.29) is 0 Å². The number of anilines is 1. The molecule has 31 heavy (non-hydrogen) atoms. The normalized spacial score (nSPS) is 14.6. The van der Waals surface area contributed by atoms with Crippen molar-refractivity contribution in [2.24, 2.45) is 0 Å². The van der Waals surface area contributed by atoms with Gasteiger partial charge in [0.15, 0.2) is 0 Å². The summed E-state index contributed by atoms with van der Waals surface area (Å²) in [5.41, 5.74) is 3.16. The van der Waals surface area contributed by atoms with Gasteiger partial charge in [-0.05, 0) is 43.0 Å². The third-order valence-electron chi connectivity index (χ3n) is 5.50. The lowest BCUT2D eigenvalue weighted by molar-refractivity contribution is 0.360. The fourth-order valence-corrected chi connectivity index (χ4v) is 4.67. The third kappa shape index (κ3) is 5.38. The fourth-order valence-electron chi connectivity index (χ4n) is 3.71. The molecular weight excluding hydrogens is 409 g/mol. The van der Waals surface area contributed by atoms with Crippen LogP contribution in [0.25, 0.3) is 0 Å². The van der Waals surface area contributed by atoms with E-state index in [2.05, 4.69) is 29.0 Å². The molecule has 1 fully saturated rings. The van der Waals surface area contributed by atoms with Crippen molar-refractivity contribution in [3.8, 4) is 12.1 Å². The Morgan fingerprint density at radius 3 is 2.39 bits per heavy atom. The summed E-state index contributed by atoms with van der Waals surface area (Å²) in [6, 6.07) is 11.6. The predicted octanol–water partition coefficient (Wildman–Crippen LogP) is 1.50. The van der Waals surface area contributed by atoms with Crippen molar-refractivity contribution in [2.75, 3.05) is 38.1 Å². The summed E-state index contributed by atoms with van der Waals surface area (Å²) >= 11 is 1.47. The number of thioether (sulfide) groups is 1. The highest BCUT2D eigenvalue weighted by atomic mass is 32.2. The van der Waals surface area contributed by atoms with E-state index in [1.54, 1.807) is 12.1 Å². The van der Waals surface area contributed by atoms with Crippen molar-refractivity contribution in [3.63, 3.8) is 0 Å². The number of likely N-dealkylation sites (N-methyl/N-ethyl adjacent to an activating group) is 1. The van der Waals surface area contributed by atoms with Crippen LogP contribution in [0, 0.1) is 22.7 Å². The Morgan fingerprint density at radius 2 is 1.77 bits per heavy atom. The Hall–Kier alpha value is -2.56. The molecule has 1 aliphatic rings. The summed E-state index contributed by atoms with van der Waals surface area (Å²) in [6.07, 6.45) is 1.59. The number of hydrogen-bond acceptors (Lipinski definition) is 8. The van der Waals surface area contributed by atoms with Gasteiger partial charge in [-0.15, -0.1) is 11.8 Å². The lowest BCUT2D eigenvalue weighted by Crippen LogP contribution is -2.30. The van der Waals surface area contributed by atoms with Gasteiger partial charge < -0.3 is 19.8 Å². The third-order valence-corrected chi connectivity index (χ3v) is 6.54. The summed E-state index contributed by atoms with van der Waals surface area (Å²) in [6.45, 7) is 5.50. The van der Waals surface area contributed by atoms with E-state index in [9.17, 15) is 20.6 Å². The number of nitriles is 2. The molecule has 160 valence electrons. The lowest BCUT2D eigenvalue weighted by Gasteiger charge is -2.25. The highest BCUT2D eigenvalue weighted by molar-refractivity contribution is 7.98. The topological polar surface area (TPSA) is 107 Å². The Kier molecular flexibility index (Phi) is 7.94. The molecule has 7 nitrogen and oxygen atoms in total. The molecule has 0 saturated carbocycles. The van der Waals surface area contributed by atoms with Crippen LogP contribution in [0.1, 0.15) is 35.6 Å².